The van der Waals surface area contributed by atoms with Gasteiger partial charge in [0.05, 0.1) is 0 Å². The Labute approximate surface area is 134 Å². The molecule has 2 heteroatoms. The zero-order chi connectivity index (χ0) is 16.3. The second-order valence-corrected chi connectivity index (χ2v) is 8.99. The standard InChI is InChI=1S/C20H30O2/c1-12(2)13-6-7-15-14(10-13)16(21)11-17-19(3,4)18(22)8-9-20(15,17)5/h10,12-13,15,17H,6-9,11H2,1-5H3/t13-,15+,17+,20-/m1/s1. The lowest BCUT2D eigenvalue weighted by molar-refractivity contribution is -0.149. The van der Waals surface area contributed by atoms with Crippen LogP contribution in [-0.2, 0) is 9.59 Å². The quantitative estimate of drug-likeness (QED) is 0.710. The van der Waals surface area contributed by atoms with E-state index in [9.17, 15) is 9.59 Å². The van der Waals surface area contributed by atoms with Crippen LogP contribution in [0.2, 0.25) is 0 Å². The van der Waals surface area contributed by atoms with E-state index in [1.807, 2.05) is 0 Å². The predicted molar refractivity (Wildman–Crippen MR) is 88.4 cm³/mol. The van der Waals surface area contributed by atoms with Crippen LogP contribution in [0.15, 0.2) is 11.6 Å². The highest BCUT2D eigenvalue weighted by atomic mass is 16.1. The van der Waals surface area contributed by atoms with Crippen LogP contribution in [0.4, 0.5) is 0 Å². The van der Waals surface area contributed by atoms with E-state index in [0.29, 0.717) is 42.2 Å². The second kappa shape index (κ2) is 5.04. The van der Waals surface area contributed by atoms with Crippen LogP contribution in [0.1, 0.15) is 66.7 Å². The van der Waals surface area contributed by atoms with Crippen molar-refractivity contribution in [2.75, 3.05) is 0 Å². The summed E-state index contributed by atoms with van der Waals surface area (Å²) in [5.41, 5.74) is 0.885. The van der Waals surface area contributed by atoms with Crippen molar-refractivity contribution in [3.05, 3.63) is 11.6 Å². The van der Waals surface area contributed by atoms with Gasteiger partial charge >= 0.3 is 0 Å². The fourth-order valence-electron chi connectivity index (χ4n) is 5.55. The molecule has 0 aromatic heterocycles. The molecule has 0 aliphatic heterocycles. The summed E-state index contributed by atoms with van der Waals surface area (Å²) in [6.07, 6.45) is 6.83. The molecule has 0 bridgehead atoms. The third kappa shape index (κ3) is 2.13. The van der Waals surface area contributed by atoms with Gasteiger partial charge in [-0.05, 0) is 53.9 Å². The molecule has 2 saturated carbocycles. The fraction of sp³-hybridized carbons (Fsp3) is 0.800. The summed E-state index contributed by atoms with van der Waals surface area (Å²) in [6.45, 7) is 11.0. The van der Waals surface area contributed by atoms with Gasteiger partial charge in [-0.1, -0.05) is 40.7 Å². The summed E-state index contributed by atoms with van der Waals surface area (Å²) in [6, 6.07) is 0. The summed E-state index contributed by atoms with van der Waals surface area (Å²) >= 11 is 0. The van der Waals surface area contributed by atoms with Crippen LogP contribution in [0.25, 0.3) is 0 Å². The largest absolute Gasteiger partial charge is 0.299 e. The summed E-state index contributed by atoms with van der Waals surface area (Å²) in [7, 11) is 0. The second-order valence-electron chi connectivity index (χ2n) is 8.99. The van der Waals surface area contributed by atoms with Crippen molar-refractivity contribution in [2.24, 2.45) is 34.5 Å². The first-order valence-corrected chi connectivity index (χ1v) is 8.96. The Morgan fingerprint density at radius 3 is 2.45 bits per heavy atom. The molecule has 0 N–H and O–H groups in total. The van der Waals surface area contributed by atoms with Gasteiger partial charge in [-0.2, -0.15) is 0 Å². The molecule has 122 valence electrons. The predicted octanol–water partition coefficient (Wildman–Crippen LogP) is 4.58. The Kier molecular flexibility index (Phi) is 3.66. The molecule has 2 fully saturated rings. The number of hydrogen-bond donors (Lipinski definition) is 0. The van der Waals surface area contributed by atoms with Crippen LogP contribution in [-0.4, -0.2) is 11.6 Å². The molecule has 0 saturated heterocycles. The topological polar surface area (TPSA) is 34.1 Å². The van der Waals surface area contributed by atoms with Crippen molar-refractivity contribution in [3.8, 4) is 0 Å². The molecule has 3 aliphatic carbocycles. The van der Waals surface area contributed by atoms with Crippen molar-refractivity contribution in [3.63, 3.8) is 0 Å². The van der Waals surface area contributed by atoms with Crippen molar-refractivity contribution in [1.29, 1.82) is 0 Å². The molecule has 3 rings (SSSR count). The molecule has 0 heterocycles. The number of rotatable bonds is 1. The van der Waals surface area contributed by atoms with Crippen molar-refractivity contribution in [1.82, 2.24) is 0 Å². The number of hydrogen-bond acceptors (Lipinski definition) is 2. The lowest BCUT2D eigenvalue weighted by Gasteiger charge is -2.57. The Bertz CT molecular complexity index is 540. The van der Waals surface area contributed by atoms with E-state index >= 15 is 0 Å². The number of allylic oxidation sites excluding steroid dienone is 2. The molecular formula is C20H30O2. The van der Waals surface area contributed by atoms with Crippen molar-refractivity contribution >= 4 is 11.6 Å². The zero-order valence-electron chi connectivity index (χ0n) is 14.7. The third-order valence-electron chi connectivity index (χ3n) is 7.20. The van der Waals surface area contributed by atoms with Crippen molar-refractivity contribution < 1.29 is 9.59 Å². The summed E-state index contributed by atoms with van der Waals surface area (Å²) in [5.74, 6) is 2.42. The minimum Gasteiger partial charge on any atom is -0.299 e. The number of fused-ring (bicyclic) bond motifs is 3. The lowest BCUT2D eigenvalue weighted by Crippen LogP contribution is -2.55. The highest BCUT2D eigenvalue weighted by Crippen LogP contribution is 2.61. The maximum Gasteiger partial charge on any atom is 0.159 e. The van der Waals surface area contributed by atoms with Gasteiger partial charge in [-0.3, -0.25) is 9.59 Å². The van der Waals surface area contributed by atoms with E-state index < -0.39 is 0 Å². The molecule has 0 aromatic carbocycles. The number of ketones is 2. The van der Waals surface area contributed by atoms with E-state index in [1.165, 1.54) is 6.42 Å². The van der Waals surface area contributed by atoms with Gasteiger partial charge in [0, 0.05) is 18.3 Å². The van der Waals surface area contributed by atoms with Crippen LogP contribution >= 0.6 is 0 Å². The maximum absolute atomic E-state index is 12.8. The Morgan fingerprint density at radius 2 is 1.82 bits per heavy atom. The first-order chi connectivity index (χ1) is 10.2. The fourth-order valence-corrected chi connectivity index (χ4v) is 5.55. The van der Waals surface area contributed by atoms with Crippen LogP contribution in [0, 0.1) is 34.5 Å². The molecule has 0 amide bonds. The first-order valence-electron chi connectivity index (χ1n) is 8.96. The molecule has 4 atom stereocenters. The minimum absolute atomic E-state index is 0.124. The Balaban J connectivity index is 2.01. The maximum atomic E-state index is 12.8. The SMILES string of the molecule is CC(C)[C@H]1C=C2C(=O)C[C@H]3C(C)(C)C(=O)CC[C@]3(C)[C@H]2CC1. The third-order valence-corrected chi connectivity index (χ3v) is 7.20. The molecule has 0 spiro atoms. The van der Waals surface area contributed by atoms with Gasteiger partial charge in [0.1, 0.15) is 5.78 Å². The van der Waals surface area contributed by atoms with Gasteiger partial charge < -0.3 is 0 Å². The van der Waals surface area contributed by atoms with Crippen molar-refractivity contribution in [2.45, 2.75) is 66.7 Å². The number of Topliss-reactive ketones (excluding diaryl/α,β-unsaturated/α-hetero) is 2. The van der Waals surface area contributed by atoms with E-state index in [4.69, 9.17) is 0 Å². The molecular weight excluding hydrogens is 272 g/mol. The van der Waals surface area contributed by atoms with Gasteiger partial charge in [-0.25, -0.2) is 0 Å². The normalized spacial score (nSPS) is 41.0. The lowest BCUT2D eigenvalue weighted by atomic mass is 9.45. The first kappa shape index (κ1) is 16.0. The number of carbonyl (C=O) groups is 2. The minimum atomic E-state index is -0.344. The molecule has 22 heavy (non-hydrogen) atoms. The van der Waals surface area contributed by atoms with Gasteiger partial charge in [0.25, 0.3) is 0 Å². The van der Waals surface area contributed by atoms with E-state index in [1.54, 1.807) is 0 Å². The average molecular weight is 302 g/mol. The Hall–Kier alpha value is -0.920. The molecule has 2 nitrogen and oxygen atoms in total. The monoisotopic (exact) mass is 302 g/mol. The van der Waals surface area contributed by atoms with Crippen LogP contribution in [0.5, 0.6) is 0 Å². The molecule has 0 aromatic rings. The smallest absolute Gasteiger partial charge is 0.159 e. The van der Waals surface area contributed by atoms with Crippen LogP contribution in [0.3, 0.4) is 0 Å². The van der Waals surface area contributed by atoms with Gasteiger partial charge in [0.15, 0.2) is 5.78 Å². The zero-order valence-corrected chi connectivity index (χ0v) is 14.7. The highest BCUT2D eigenvalue weighted by Gasteiger charge is 2.58. The molecule has 3 aliphatic rings. The summed E-state index contributed by atoms with van der Waals surface area (Å²) in [4.78, 5) is 25.2. The van der Waals surface area contributed by atoms with E-state index in [2.05, 4.69) is 40.7 Å². The van der Waals surface area contributed by atoms with Crippen LogP contribution < -0.4 is 0 Å². The van der Waals surface area contributed by atoms with E-state index in [0.717, 1.165) is 18.4 Å². The Morgan fingerprint density at radius 1 is 1.14 bits per heavy atom. The summed E-state index contributed by atoms with van der Waals surface area (Å²) < 4.78 is 0. The number of carbonyl (C=O) groups excluding carboxylic acids is 2. The van der Waals surface area contributed by atoms with Gasteiger partial charge in [0.2, 0.25) is 0 Å². The highest BCUT2D eigenvalue weighted by molar-refractivity contribution is 5.98. The molecule has 0 radical (unpaired) electrons. The molecule has 0 unspecified atom stereocenters. The summed E-state index contributed by atoms with van der Waals surface area (Å²) in [5, 5.41) is 0. The van der Waals surface area contributed by atoms with E-state index in [-0.39, 0.29) is 16.7 Å². The van der Waals surface area contributed by atoms with Gasteiger partial charge in [-0.15, -0.1) is 0 Å². The average Bonchev–Trinajstić information content (AvgIpc) is 2.46.